The average molecular weight is 359 g/mol. The minimum atomic E-state index is -0.559. The molecule has 2 aromatic rings. The van der Waals surface area contributed by atoms with E-state index in [1.54, 1.807) is 24.3 Å². The summed E-state index contributed by atoms with van der Waals surface area (Å²) >= 11 is 0. The van der Waals surface area contributed by atoms with Crippen molar-refractivity contribution in [1.29, 1.82) is 0 Å². The van der Waals surface area contributed by atoms with E-state index in [1.807, 2.05) is 0 Å². The van der Waals surface area contributed by atoms with E-state index in [2.05, 4.69) is 10.6 Å². The summed E-state index contributed by atoms with van der Waals surface area (Å²) in [5.74, 6) is -0.254. The molecule has 0 aromatic heterocycles. The van der Waals surface area contributed by atoms with Gasteiger partial charge in [-0.05, 0) is 18.2 Å². The number of nitro benzene ring substituents is 1. The minimum Gasteiger partial charge on any atom is -0.494 e. The van der Waals surface area contributed by atoms with E-state index in [4.69, 9.17) is 9.47 Å². The van der Waals surface area contributed by atoms with Crippen LogP contribution in [0, 0.1) is 10.1 Å². The smallest absolute Gasteiger partial charge is 0.273 e. The van der Waals surface area contributed by atoms with Crippen LogP contribution >= 0.6 is 0 Å². The monoisotopic (exact) mass is 359 g/mol. The van der Waals surface area contributed by atoms with Crippen LogP contribution in [0.25, 0.3) is 0 Å². The largest absolute Gasteiger partial charge is 0.494 e. The van der Waals surface area contributed by atoms with E-state index < -0.39 is 10.8 Å². The average Bonchev–Trinajstić information content (AvgIpc) is 2.60. The van der Waals surface area contributed by atoms with Crippen molar-refractivity contribution in [2.45, 2.75) is 6.92 Å². The van der Waals surface area contributed by atoms with Gasteiger partial charge in [0.05, 0.1) is 29.5 Å². The number of amides is 2. The van der Waals surface area contributed by atoms with Crippen LogP contribution in [-0.4, -0.2) is 30.5 Å². The summed E-state index contributed by atoms with van der Waals surface area (Å²) < 4.78 is 10.5. The fourth-order valence-electron chi connectivity index (χ4n) is 2.11. The number of nitro groups is 1. The lowest BCUT2D eigenvalue weighted by molar-refractivity contribution is -0.384. The number of nitrogens with zero attached hydrogens (tertiary/aromatic N) is 1. The van der Waals surface area contributed by atoms with Crippen molar-refractivity contribution in [3.05, 3.63) is 52.6 Å². The molecule has 0 heterocycles. The second-order valence-electron chi connectivity index (χ2n) is 5.16. The SMILES string of the molecule is COc1cc([N+](=O)[O-])ccc1NC(=O)COc1ccccc1NC(C)=O. The van der Waals surface area contributed by atoms with Gasteiger partial charge in [0.25, 0.3) is 11.6 Å². The van der Waals surface area contributed by atoms with Gasteiger partial charge in [0.1, 0.15) is 11.5 Å². The third kappa shape index (κ3) is 4.94. The number of para-hydroxylation sites is 2. The molecule has 0 radical (unpaired) electrons. The van der Waals surface area contributed by atoms with E-state index in [1.165, 1.54) is 32.2 Å². The summed E-state index contributed by atoms with van der Waals surface area (Å²) in [5.41, 5.74) is 0.572. The molecule has 2 aromatic carbocycles. The van der Waals surface area contributed by atoms with Gasteiger partial charge in [-0.15, -0.1) is 0 Å². The molecule has 0 saturated heterocycles. The summed E-state index contributed by atoms with van der Waals surface area (Å²) in [7, 11) is 1.34. The van der Waals surface area contributed by atoms with Crippen molar-refractivity contribution in [2.75, 3.05) is 24.4 Å². The van der Waals surface area contributed by atoms with Crippen molar-refractivity contribution in [3.63, 3.8) is 0 Å². The Labute approximate surface area is 149 Å². The van der Waals surface area contributed by atoms with Gasteiger partial charge in [0.15, 0.2) is 6.61 Å². The molecule has 0 spiro atoms. The van der Waals surface area contributed by atoms with Crippen LogP contribution in [-0.2, 0) is 9.59 Å². The summed E-state index contributed by atoms with van der Waals surface area (Å²) in [4.78, 5) is 33.5. The predicted octanol–water partition coefficient (Wildman–Crippen LogP) is 2.58. The number of methoxy groups -OCH3 is 1. The Morgan fingerprint density at radius 3 is 2.42 bits per heavy atom. The lowest BCUT2D eigenvalue weighted by atomic mass is 10.2. The molecule has 2 rings (SSSR count). The predicted molar refractivity (Wildman–Crippen MR) is 94.5 cm³/mol. The van der Waals surface area contributed by atoms with E-state index >= 15 is 0 Å². The van der Waals surface area contributed by atoms with Crippen LogP contribution in [0.15, 0.2) is 42.5 Å². The molecule has 9 heteroatoms. The van der Waals surface area contributed by atoms with Crippen molar-refractivity contribution >= 4 is 28.9 Å². The first-order valence-electron chi connectivity index (χ1n) is 7.52. The van der Waals surface area contributed by atoms with Gasteiger partial charge < -0.3 is 20.1 Å². The Morgan fingerprint density at radius 2 is 1.77 bits per heavy atom. The minimum absolute atomic E-state index is 0.152. The molecule has 2 amide bonds. The number of hydrogen-bond acceptors (Lipinski definition) is 6. The highest BCUT2D eigenvalue weighted by Crippen LogP contribution is 2.29. The Morgan fingerprint density at radius 1 is 1.08 bits per heavy atom. The summed E-state index contributed by atoms with van der Waals surface area (Å²) in [5, 5.41) is 15.9. The zero-order valence-corrected chi connectivity index (χ0v) is 14.1. The van der Waals surface area contributed by atoms with Crippen LogP contribution in [0.4, 0.5) is 17.1 Å². The molecule has 0 aliphatic heterocycles. The first-order valence-corrected chi connectivity index (χ1v) is 7.52. The molecule has 0 bridgehead atoms. The maximum absolute atomic E-state index is 12.1. The molecule has 0 aliphatic rings. The lowest BCUT2D eigenvalue weighted by Crippen LogP contribution is -2.21. The molecule has 26 heavy (non-hydrogen) atoms. The number of hydrogen-bond donors (Lipinski definition) is 2. The first kappa shape index (κ1) is 18.7. The maximum Gasteiger partial charge on any atom is 0.273 e. The van der Waals surface area contributed by atoms with Gasteiger partial charge in [-0.1, -0.05) is 12.1 Å². The van der Waals surface area contributed by atoms with E-state index in [0.717, 1.165) is 0 Å². The van der Waals surface area contributed by atoms with Crippen LogP contribution in [0.5, 0.6) is 11.5 Å². The number of ether oxygens (including phenoxy) is 2. The molecular formula is C17H17N3O6. The first-order chi connectivity index (χ1) is 12.4. The molecule has 0 unspecified atom stereocenters. The second-order valence-corrected chi connectivity index (χ2v) is 5.16. The zero-order valence-electron chi connectivity index (χ0n) is 14.1. The van der Waals surface area contributed by atoms with Crippen molar-refractivity contribution in [2.24, 2.45) is 0 Å². The molecule has 9 nitrogen and oxygen atoms in total. The quantitative estimate of drug-likeness (QED) is 0.579. The maximum atomic E-state index is 12.1. The number of carbonyl (C=O) groups is 2. The number of carbonyl (C=O) groups excluding carboxylic acids is 2. The van der Waals surface area contributed by atoms with Crippen molar-refractivity contribution in [3.8, 4) is 11.5 Å². The molecule has 0 saturated carbocycles. The van der Waals surface area contributed by atoms with Gasteiger partial charge in [-0.3, -0.25) is 19.7 Å². The molecule has 0 fully saturated rings. The van der Waals surface area contributed by atoms with E-state index in [0.29, 0.717) is 11.4 Å². The second kappa shape index (κ2) is 8.47. The molecule has 0 aliphatic carbocycles. The lowest BCUT2D eigenvalue weighted by Gasteiger charge is -2.13. The van der Waals surface area contributed by atoms with Gasteiger partial charge in [-0.25, -0.2) is 0 Å². The van der Waals surface area contributed by atoms with Gasteiger partial charge in [0, 0.05) is 13.0 Å². The molecule has 2 N–H and O–H groups in total. The fraction of sp³-hybridized carbons (Fsp3) is 0.176. The molecule has 0 atom stereocenters. The zero-order chi connectivity index (χ0) is 19.1. The van der Waals surface area contributed by atoms with Gasteiger partial charge >= 0.3 is 0 Å². The summed E-state index contributed by atoms with van der Waals surface area (Å²) in [6.45, 7) is 1.04. The van der Waals surface area contributed by atoms with Gasteiger partial charge in [-0.2, -0.15) is 0 Å². The third-order valence-electron chi connectivity index (χ3n) is 3.23. The van der Waals surface area contributed by atoms with E-state index in [-0.39, 0.29) is 29.6 Å². The van der Waals surface area contributed by atoms with Gasteiger partial charge in [0.2, 0.25) is 5.91 Å². The molecule has 136 valence electrons. The normalized spacial score (nSPS) is 9.92. The highest BCUT2D eigenvalue weighted by Gasteiger charge is 2.14. The Bertz CT molecular complexity index is 837. The highest BCUT2D eigenvalue weighted by atomic mass is 16.6. The van der Waals surface area contributed by atoms with E-state index in [9.17, 15) is 19.7 Å². The summed E-state index contributed by atoms with van der Waals surface area (Å²) in [6, 6.07) is 10.5. The number of non-ortho nitro benzene ring substituents is 1. The standard InChI is InChI=1S/C17H17N3O6/c1-11(21)18-13-5-3-4-6-15(13)26-10-17(22)19-14-8-7-12(20(23)24)9-16(14)25-2/h3-9H,10H2,1-2H3,(H,18,21)(H,19,22). The number of benzene rings is 2. The van der Waals surface area contributed by atoms with Crippen LogP contribution < -0.4 is 20.1 Å². The van der Waals surface area contributed by atoms with Crippen LogP contribution in [0.1, 0.15) is 6.92 Å². The topological polar surface area (TPSA) is 120 Å². The Hall–Kier alpha value is -3.62. The van der Waals surface area contributed by atoms with Crippen molar-refractivity contribution in [1.82, 2.24) is 0 Å². The van der Waals surface area contributed by atoms with Crippen LogP contribution in [0.2, 0.25) is 0 Å². The van der Waals surface area contributed by atoms with Crippen molar-refractivity contribution < 1.29 is 24.0 Å². The highest BCUT2D eigenvalue weighted by molar-refractivity contribution is 5.94. The molecular weight excluding hydrogens is 342 g/mol. The summed E-state index contributed by atoms with van der Waals surface area (Å²) in [6.07, 6.45) is 0. The number of rotatable bonds is 7. The number of nitrogens with one attached hydrogen (secondary N) is 2. The number of anilines is 2. The van der Waals surface area contributed by atoms with Crippen LogP contribution in [0.3, 0.4) is 0 Å². The fourth-order valence-corrected chi connectivity index (χ4v) is 2.11. The third-order valence-corrected chi connectivity index (χ3v) is 3.23. The Balaban J connectivity index is 2.04. The Kier molecular flexibility index (Phi) is 6.10.